The highest BCUT2D eigenvalue weighted by atomic mass is 16.1. The number of aromatic nitrogens is 2. The van der Waals surface area contributed by atoms with Crippen LogP contribution < -0.4 is 5.32 Å². The molecule has 0 unspecified atom stereocenters. The second kappa shape index (κ2) is 4.33. The van der Waals surface area contributed by atoms with Gasteiger partial charge in [-0.3, -0.25) is 9.78 Å². The molecule has 0 saturated carbocycles. The Morgan fingerprint density at radius 3 is 2.89 bits per heavy atom. The SMILES string of the molecule is O=C(Nc1cccc2ncccc12)c1ccc[nH]1. The van der Waals surface area contributed by atoms with Crippen LogP contribution in [0.25, 0.3) is 10.9 Å². The van der Waals surface area contributed by atoms with Crippen LogP contribution in [-0.4, -0.2) is 15.9 Å². The zero-order valence-corrected chi connectivity index (χ0v) is 9.55. The van der Waals surface area contributed by atoms with Gasteiger partial charge in [0.15, 0.2) is 0 Å². The summed E-state index contributed by atoms with van der Waals surface area (Å²) < 4.78 is 0. The molecule has 4 heteroatoms. The number of nitrogens with zero attached hydrogens (tertiary/aromatic N) is 1. The van der Waals surface area contributed by atoms with E-state index in [0.29, 0.717) is 5.69 Å². The van der Waals surface area contributed by atoms with E-state index in [1.165, 1.54) is 0 Å². The molecule has 0 aliphatic carbocycles. The highest BCUT2D eigenvalue weighted by Crippen LogP contribution is 2.21. The van der Waals surface area contributed by atoms with E-state index in [1.807, 2.05) is 30.3 Å². The molecular formula is C14H11N3O. The Kier molecular flexibility index (Phi) is 2.53. The van der Waals surface area contributed by atoms with Crippen molar-refractivity contribution in [1.82, 2.24) is 9.97 Å². The van der Waals surface area contributed by atoms with Crippen LogP contribution in [0.5, 0.6) is 0 Å². The summed E-state index contributed by atoms with van der Waals surface area (Å²) in [6.07, 6.45) is 3.46. The number of carbonyl (C=O) groups excluding carboxylic acids is 1. The minimum absolute atomic E-state index is 0.156. The molecule has 0 spiro atoms. The van der Waals surface area contributed by atoms with Crippen LogP contribution in [-0.2, 0) is 0 Å². The van der Waals surface area contributed by atoms with Gasteiger partial charge in [0.25, 0.3) is 5.91 Å². The molecule has 4 nitrogen and oxygen atoms in total. The van der Waals surface area contributed by atoms with Gasteiger partial charge < -0.3 is 10.3 Å². The number of fused-ring (bicyclic) bond motifs is 1. The molecule has 2 N–H and O–H groups in total. The van der Waals surface area contributed by atoms with E-state index in [-0.39, 0.29) is 5.91 Å². The van der Waals surface area contributed by atoms with Gasteiger partial charge in [-0.25, -0.2) is 0 Å². The van der Waals surface area contributed by atoms with E-state index < -0.39 is 0 Å². The number of benzene rings is 1. The molecule has 0 atom stereocenters. The van der Waals surface area contributed by atoms with Crippen molar-refractivity contribution < 1.29 is 4.79 Å². The lowest BCUT2D eigenvalue weighted by Gasteiger charge is -2.07. The third-order valence-electron chi connectivity index (χ3n) is 2.74. The van der Waals surface area contributed by atoms with Gasteiger partial charge in [-0.05, 0) is 36.4 Å². The highest BCUT2D eigenvalue weighted by molar-refractivity contribution is 6.07. The molecule has 0 aliphatic rings. The number of hydrogen-bond acceptors (Lipinski definition) is 2. The summed E-state index contributed by atoms with van der Waals surface area (Å²) in [6.45, 7) is 0. The lowest BCUT2D eigenvalue weighted by atomic mass is 10.2. The maximum absolute atomic E-state index is 12.0. The molecule has 3 rings (SSSR count). The smallest absolute Gasteiger partial charge is 0.272 e. The van der Waals surface area contributed by atoms with Crippen molar-refractivity contribution in [2.24, 2.45) is 0 Å². The van der Waals surface area contributed by atoms with Crippen LogP contribution in [0.15, 0.2) is 54.9 Å². The zero-order chi connectivity index (χ0) is 12.4. The minimum atomic E-state index is -0.156. The van der Waals surface area contributed by atoms with E-state index in [9.17, 15) is 4.79 Å². The molecule has 1 amide bonds. The normalized spacial score (nSPS) is 10.4. The largest absolute Gasteiger partial charge is 0.357 e. The molecule has 2 heterocycles. The fourth-order valence-corrected chi connectivity index (χ4v) is 1.87. The summed E-state index contributed by atoms with van der Waals surface area (Å²) >= 11 is 0. The molecule has 0 saturated heterocycles. The van der Waals surface area contributed by atoms with E-state index in [0.717, 1.165) is 16.6 Å². The fraction of sp³-hybridized carbons (Fsp3) is 0. The second-order valence-corrected chi connectivity index (χ2v) is 3.91. The number of carbonyl (C=O) groups is 1. The molecule has 88 valence electrons. The van der Waals surface area contributed by atoms with Gasteiger partial charge in [0.05, 0.1) is 11.2 Å². The topological polar surface area (TPSA) is 57.8 Å². The average molecular weight is 237 g/mol. The van der Waals surface area contributed by atoms with Gasteiger partial charge in [0.2, 0.25) is 0 Å². The summed E-state index contributed by atoms with van der Waals surface area (Å²) in [7, 11) is 0. The predicted molar refractivity (Wildman–Crippen MR) is 70.5 cm³/mol. The number of rotatable bonds is 2. The van der Waals surface area contributed by atoms with Crippen LogP contribution in [0, 0.1) is 0 Å². The van der Waals surface area contributed by atoms with Crippen LogP contribution in [0.1, 0.15) is 10.5 Å². The van der Waals surface area contributed by atoms with Crippen molar-refractivity contribution in [3.05, 3.63) is 60.6 Å². The Morgan fingerprint density at radius 1 is 1.11 bits per heavy atom. The Labute approximate surface area is 104 Å². The van der Waals surface area contributed by atoms with Crippen LogP contribution in [0.2, 0.25) is 0 Å². The number of anilines is 1. The van der Waals surface area contributed by atoms with Crippen LogP contribution in [0.3, 0.4) is 0 Å². The quantitative estimate of drug-likeness (QED) is 0.720. The predicted octanol–water partition coefficient (Wildman–Crippen LogP) is 2.82. The summed E-state index contributed by atoms with van der Waals surface area (Å²) in [6, 6.07) is 13.0. The molecule has 0 radical (unpaired) electrons. The van der Waals surface area contributed by atoms with Crippen molar-refractivity contribution >= 4 is 22.5 Å². The first kappa shape index (κ1) is 10.5. The Hall–Kier alpha value is -2.62. The third kappa shape index (κ3) is 1.84. The molecule has 2 aromatic heterocycles. The molecule has 0 bridgehead atoms. The fourth-order valence-electron chi connectivity index (χ4n) is 1.87. The van der Waals surface area contributed by atoms with Crippen molar-refractivity contribution in [2.75, 3.05) is 5.32 Å². The number of nitrogens with one attached hydrogen (secondary N) is 2. The average Bonchev–Trinajstić information content (AvgIpc) is 2.93. The lowest BCUT2D eigenvalue weighted by molar-refractivity contribution is 0.102. The highest BCUT2D eigenvalue weighted by Gasteiger charge is 2.08. The first-order valence-electron chi connectivity index (χ1n) is 5.63. The Morgan fingerprint density at radius 2 is 2.06 bits per heavy atom. The van der Waals surface area contributed by atoms with E-state index in [4.69, 9.17) is 0 Å². The first-order chi connectivity index (χ1) is 8.84. The minimum Gasteiger partial charge on any atom is -0.357 e. The Balaban J connectivity index is 1.98. The van der Waals surface area contributed by atoms with E-state index in [2.05, 4.69) is 15.3 Å². The van der Waals surface area contributed by atoms with E-state index >= 15 is 0 Å². The maximum Gasteiger partial charge on any atom is 0.272 e. The summed E-state index contributed by atoms with van der Waals surface area (Å²) in [5, 5.41) is 3.81. The summed E-state index contributed by atoms with van der Waals surface area (Å²) in [4.78, 5) is 19.1. The molecule has 0 fully saturated rings. The molecule has 1 aromatic carbocycles. The van der Waals surface area contributed by atoms with Crippen LogP contribution in [0.4, 0.5) is 5.69 Å². The lowest BCUT2D eigenvalue weighted by Crippen LogP contribution is -2.12. The molecule has 18 heavy (non-hydrogen) atoms. The molecular weight excluding hydrogens is 226 g/mol. The van der Waals surface area contributed by atoms with Gasteiger partial charge in [-0.2, -0.15) is 0 Å². The van der Waals surface area contributed by atoms with Crippen molar-refractivity contribution in [1.29, 1.82) is 0 Å². The monoisotopic (exact) mass is 237 g/mol. The number of aromatic amines is 1. The zero-order valence-electron chi connectivity index (χ0n) is 9.55. The number of H-pyrrole nitrogens is 1. The summed E-state index contributed by atoms with van der Waals surface area (Å²) in [5.74, 6) is -0.156. The van der Waals surface area contributed by atoms with Gasteiger partial charge in [0, 0.05) is 17.8 Å². The Bertz CT molecular complexity index is 684. The number of pyridine rings is 1. The van der Waals surface area contributed by atoms with Gasteiger partial charge >= 0.3 is 0 Å². The van der Waals surface area contributed by atoms with Gasteiger partial charge in [-0.15, -0.1) is 0 Å². The molecule has 3 aromatic rings. The maximum atomic E-state index is 12.0. The van der Waals surface area contributed by atoms with Gasteiger partial charge in [-0.1, -0.05) is 6.07 Å². The number of amides is 1. The van der Waals surface area contributed by atoms with E-state index in [1.54, 1.807) is 24.5 Å². The summed E-state index contributed by atoms with van der Waals surface area (Å²) in [5.41, 5.74) is 2.16. The van der Waals surface area contributed by atoms with Crippen molar-refractivity contribution in [2.45, 2.75) is 0 Å². The van der Waals surface area contributed by atoms with Crippen LogP contribution >= 0.6 is 0 Å². The van der Waals surface area contributed by atoms with Gasteiger partial charge in [0.1, 0.15) is 5.69 Å². The van der Waals surface area contributed by atoms with Crippen molar-refractivity contribution in [3.63, 3.8) is 0 Å². The van der Waals surface area contributed by atoms with Crippen molar-refractivity contribution in [3.8, 4) is 0 Å². The third-order valence-corrected chi connectivity index (χ3v) is 2.74. The molecule has 0 aliphatic heterocycles. The first-order valence-corrected chi connectivity index (χ1v) is 5.63. The second-order valence-electron chi connectivity index (χ2n) is 3.91. The standard InChI is InChI=1S/C14H11N3O/c18-14(13-7-3-9-16-13)17-12-6-1-5-11-10(12)4-2-8-15-11/h1-9,16H,(H,17,18). The number of hydrogen-bond donors (Lipinski definition) is 2.